The minimum absolute atomic E-state index is 0.0555. The second-order valence-electron chi connectivity index (χ2n) is 4.53. The summed E-state index contributed by atoms with van der Waals surface area (Å²) in [7, 11) is 0. The van der Waals surface area contributed by atoms with Crippen molar-refractivity contribution in [2.24, 2.45) is 0 Å². The molecule has 1 unspecified atom stereocenters. The summed E-state index contributed by atoms with van der Waals surface area (Å²) >= 11 is 1.76. The van der Waals surface area contributed by atoms with Crippen LogP contribution in [0.2, 0.25) is 0 Å². The Balaban J connectivity index is 2.15. The van der Waals surface area contributed by atoms with Crippen LogP contribution >= 0.6 is 11.8 Å². The molecule has 0 aliphatic carbocycles. The van der Waals surface area contributed by atoms with Gasteiger partial charge in [0.2, 0.25) is 5.91 Å². The van der Waals surface area contributed by atoms with Crippen molar-refractivity contribution in [1.82, 2.24) is 5.32 Å². The van der Waals surface area contributed by atoms with Gasteiger partial charge in [0.1, 0.15) is 0 Å². The van der Waals surface area contributed by atoms with Gasteiger partial charge in [-0.25, -0.2) is 0 Å². The molecule has 92 valence electrons. The number of carbonyl (C=O) groups excluding carboxylic acids is 1. The van der Waals surface area contributed by atoms with Gasteiger partial charge in [-0.2, -0.15) is 0 Å². The maximum atomic E-state index is 12.0. The Bertz CT molecular complexity index is 416. The van der Waals surface area contributed by atoms with Crippen LogP contribution in [0.15, 0.2) is 12.1 Å². The van der Waals surface area contributed by atoms with Gasteiger partial charge in [-0.15, -0.1) is 11.8 Å². The molecule has 1 aromatic carbocycles. The first-order valence-corrected chi connectivity index (χ1v) is 6.93. The second kappa shape index (κ2) is 5.10. The van der Waals surface area contributed by atoms with Crippen molar-refractivity contribution in [1.29, 1.82) is 0 Å². The van der Waals surface area contributed by atoms with Crippen LogP contribution in [0, 0.1) is 20.8 Å². The Kier molecular flexibility index (Phi) is 3.74. The predicted octanol–water partition coefficient (Wildman–Crippen LogP) is 2.21. The zero-order valence-corrected chi connectivity index (χ0v) is 11.3. The largest absolute Gasteiger partial charge is 0.324 e. The van der Waals surface area contributed by atoms with E-state index in [1.165, 1.54) is 5.56 Å². The minimum Gasteiger partial charge on any atom is -0.324 e. The predicted molar refractivity (Wildman–Crippen MR) is 73.5 cm³/mol. The Morgan fingerprint density at radius 1 is 1.35 bits per heavy atom. The van der Waals surface area contributed by atoms with Gasteiger partial charge in [0, 0.05) is 17.3 Å². The lowest BCUT2D eigenvalue weighted by Gasteiger charge is -2.15. The van der Waals surface area contributed by atoms with E-state index in [9.17, 15) is 4.79 Å². The first kappa shape index (κ1) is 12.5. The molecule has 1 aliphatic heterocycles. The summed E-state index contributed by atoms with van der Waals surface area (Å²) in [6.45, 7) is 6.14. The average Bonchev–Trinajstić information content (AvgIpc) is 2.76. The third-order valence-electron chi connectivity index (χ3n) is 2.96. The summed E-state index contributed by atoms with van der Waals surface area (Å²) in [4.78, 5) is 12.0. The van der Waals surface area contributed by atoms with Gasteiger partial charge < -0.3 is 5.32 Å². The van der Waals surface area contributed by atoms with Crippen molar-refractivity contribution >= 4 is 23.4 Å². The van der Waals surface area contributed by atoms with Crippen LogP contribution in [0.25, 0.3) is 0 Å². The highest BCUT2D eigenvalue weighted by Crippen LogP contribution is 2.22. The minimum atomic E-state index is -0.0555. The molecule has 1 aromatic rings. The molecule has 0 saturated carbocycles. The third-order valence-corrected chi connectivity index (χ3v) is 3.90. The summed E-state index contributed by atoms with van der Waals surface area (Å²) in [5.74, 6) is 1.80. The zero-order valence-electron chi connectivity index (χ0n) is 10.5. The summed E-state index contributed by atoms with van der Waals surface area (Å²) < 4.78 is 0. The molecule has 1 atom stereocenters. The van der Waals surface area contributed by atoms with E-state index in [-0.39, 0.29) is 11.9 Å². The second-order valence-corrected chi connectivity index (χ2v) is 5.57. The summed E-state index contributed by atoms with van der Waals surface area (Å²) in [5.41, 5.74) is 4.44. The topological polar surface area (TPSA) is 41.1 Å². The van der Waals surface area contributed by atoms with Crippen LogP contribution in [0.3, 0.4) is 0 Å². The van der Waals surface area contributed by atoms with Crippen LogP contribution in [0.1, 0.15) is 16.7 Å². The number of hydrogen-bond acceptors (Lipinski definition) is 3. The fourth-order valence-corrected chi connectivity index (χ4v) is 3.09. The maximum absolute atomic E-state index is 12.0. The Labute approximate surface area is 106 Å². The van der Waals surface area contributed by atoms with E-state index < -0.39 is 0 Å². The summed E-state index contributed by atoms with van der Waals surface area (Å²) in [6.07, 6.45) is 0. The monoisotopic (exact) mass is 250 g/mol. The molecule has 2 rings (SSSR count). The van der Waals surface area contributed by atoms with Gasteiger partial charge >= 0.3 is 0 Å². The molecule has 0 spiro atoms. The average molecular weight is 250 g/mol. The molecule has 1 fully saturated rings. The molecular formula is C13H18N2OS. The van der Waals surface area contributed by atoms with Crippen LogP contribution in [-0.2, 0) is 4.79 Å². The van der Waals surface area contributed by atoms with E-state index in [0.29, 0.717) is 0 Å². The standard InChI is InChI=1S/C13H18N2OS/c1-8-4-9(2)12(10(3)5-8)15-13(16)11-6-17-7-14-11/h4-5,11,14H,6-7H2,1-3H3,(H,15,16). The van der Waals surface area contributed by atoms with Crippen molar-refractivity contribution in [3.63, 3.8) is 0 Å². The molecule has 1 aliphatic rings. The number of hydrogen-bond donors (Lipinski definition) is 2. The molecule has 0 aromatic heterocycles. The molecule has 1 heterocycles. The van der Waals surface area contributed by atoms with Crippen molar-refractivity contribution in [2.75, 3.05) is 16.9 Å². The highest BCUT2D eigenvalue weighted by atomic mass is 32.2. The zero-order chi connectivity index (χ0) is 12.4. The molecule has 1 amide bonds. The number of benzene rings is 1. The quantitative estimate of drug-likeness (QED) is 0.845. The fraction of sp³-hybridized carbons (Fsp3) is 0.462. The van der Waals surface area contributed by atoms with Gasteiger partial charge in [-0.1, -0.05) is 17.7 Å². The van der Waals surface area contributed by atoms with Crippen molar-refractivity contribution < 1.29 is 4.79 Å². The highest BCUT2D eigenvalue weighted by molar-refractivity contribution is 7.99. The lowest BCUT2D eigenvalue weighted by atomic mass is 10.0. The number of carbonyl (C=O) groups is 1. The molecule has 0 bridgehead atoms. The lowest BCUT2D eigenvalue weighted by Crippen LogP contribution is -2.37. The van der Waals surface area contributed by atoms with Crippen molar-refractivity contribution in [2.45, 2.75) is 26.8 Å². The molecular weight excluding hydrogens is 232 g/mol. The number of rotatable bonds is 2. The van der Waals surface area contributed by atoms with Crippen molar-refractivity contribution in [3.05, 3.63) is 28.8 Å². The smallest absolute Gasteiger partial charge is 0.242 e. The van der Waals surface area contributed by atoms with Crippen LogP contribution in [0.5, 0.6) is 0 Å². The SMILES string of the molecule is Cc1cc(C)c(NC(=O)C2CSCN2)c(C)c1. The van der Waals surface area contributed by atoms with Crippen LogP contribution < -0.4 is 10.6 Å². The van der Waals surface area contributed by atoms with E-state index in [1.807, 2.05) is 13.8 Å². The molecule has 17 heavy (non-hydrogen) atoms. The number of thioether (sulfide) groups is 1. The molecule has 0 radical (unpaired) electrons. The fourth-order valence-electron chi connectivity index (χ4n) is 2.15. The maximum Gasteiger partial charge on any atom is 0.242 e. The molecule has 3 nitrogen and oxygen atoms in total. The van der Waals surface area contributed by atoms with Gasteiger partial charge in [0.15, 0.2) is 0 Å². The van der Waals surface area contributed by atoms with Gasteiger partial charge in [0.05, 0.1) is 6.04 Å². The van der Waals surface area contributed by atoms with E-state index >= 15 is 0 Å². The van der Waals surface area contributed by atoms with Gasteiger partial charge in [0.25, 0.3) is 0 Å². The first-order valence-electron chi connectivity index (χ1n) is 5.78. The Morgan fingerprint density at radius 2 is 2.00 bits per heavy atom. The van der Waals surface area contributed by atoms with Crippen LogP contribution in [-0.4, -0.2) is 23.6 Å². The van der Waals surface area contributed by atoms with Crippen LogP contribution in [0.4, 0.5) is 5.69 Å². The molecule has 4 heteroatoms. The van der Waals surface area contributed by atoms with Gasteiger partial charge in [-0.05, 0) is 31.9 Å². The molecule has 2 N–H and O–H groups in total. The number of amides is 1. The number of anilines is 1. The summed E-state index contributed by atoms with van der Waals surface area (Å²) in [6, 6.07) is 4.14. The van der Waals surface area contributed by atoms with E-state index in [4.69, 9.17) is 0 Å². The Morgan fingerprint density at radius 3 is 2.53 bits per heavy atom. The Hall–Kier alpha value is -1.00. The van der Waals surface area contributed by atoms with Gasteiger partial charge in [-0.3, -0.25) is 10.1 Å². The molecule has 1 saturated heterocycles. The third kappa shape index (κ3) is 2.82. The summed E-state index contributed by atoms with van der Waals surface area (Å²) in [5, 5.41) is 6.21. The normalized spacial score (nSPS) is 19.4. The van der Waals surface area contributed by atoms with E-state index in [1.54, 1.807) is 11.8 Å². The highest BCUT2D eigenvalue weighted by Gasteiger charge is 2.23. The number of nitrogens with one attached hydrogen (secondary N) is 2. The first-order chi connectivity index (χ1) is 8.08. The lowest BCUT2D eigenvalue weighted by molar-refractivity contribution is -0.117. The van der Waals surface area contributed by atoms with E-state index in [2.05, 4.69) is 29.7 Å². The van der Waals surface area contributed by atoms with Crippen molar-refractivity contribution in [3.8, 4) is 0 Å². The van der Waals surface area contributed by atoms with E-state index in [0.717, 1.165) is 28.4 Å². The number of aryl methyl sites for hydroxylation is 3.